The molecule has 0 aromatic heterocycles. The molecule has 2 heterocycles. The molecule has 218 valence electrons. The average molecular weight is 535 g/mol. The second kappa shape index (κ2) is 21.5. The first-order valence-corrected chi connectivity index (χ1v) is 14.3. The molecule has 1 aromatic rings. The van der Waals surface area contributed by atoms with Crippen molar-refractivity contribution in [3.63, 3.8) is 0 Å². The number of carbonyl (C=O) groups is 2. The van der Waals surface area contributed by atoms with E-state index in [1.54, 1.807) is 6.92 Å². The lowest BCUT2D eigenvalue weighted by atomic mass is 9.94. The van der Waals surface area contributed by atoms with Gasteiger partial charge in [0, 0.05) is 25.6 Å². The first-order chi connectivity index (χ1) is 18.1. The van der Waals surface area contributed by atoms with E-state index in [4.69, 9.17) is 25.1 Å². The molecule has 38 heavy (non-hydrogen) atoms. The number of carboxylic acid groups (broad SMARTS) is 1. The van der Waals surface area contributed by atoms with E-state index in [2.05, 4.69) is 44.7 Å². The van der Waals surface area contributed by atoms with Gasteiger partial charge in [-0.2, -0.15) is 0 Å². The van der Waals surface area contributed by atoms with E-state index in [-0.39, 0.29) is 11.8 Å². The number of allylic oxidation sites excluding steroid dienone is 1. The van der Waals surface area contributed by atoms with Crippen molar-refractivity contribution >= 4 is 11.8 Å². The molecule has 1 aromatic carbocycles. The van der Waals surface area contributed by atoms with Gasteiger partial charge in [-0.1, -0.05) is 84.4 Å². The summed E-state index contributed by atoms with van der Waals surface area (Å²) in [5, 5.41) is 7.42. The maximum atomic E-state index is 11.6. The monoisotopic (exact) mass is 534 g/mol. The number of hydrogen-bond donors (Lipinski definition) is 2. The fourth-order valence-corrected chi connectivity index (χ4v) is 4.46. The Balaban J connectivity index is 0.000000809. The molecule has 7 heteroatoms. The number of unbranched alkanes of at least 4 members (excludes halogenated alkanes) is 4. The van der Waals surface area contributed by atoms with Gasteiger partial charge >= 0.3 is 0 Å². The highest BCUT2D eigenvalue weighted by molar-refractivity contribution is 5.77. The van der Waals surface area contributed by atoms with Gasteiger partial charge in [0.15, 0.2) is 11.5 Å². The molecule has 2 aliphatic rings. The number of Topliss-reactive ketones (excluding diaryl/α,β-unsaturated/α-hetero) is 1. The number of carbonyl (C=O) groups excluding carboxylic acids is 1. The SMILES string of the molecule is C/C=C/C(N)CC1CC(c2ccc3c(c2)OCO3)CN1CC(C)=O.CC(=O)O.CCCCC.CCCCC. The van der Waals surface area contributed by atoms with Crippen molar-refractivity contribution in [3.8, 4) is 11.5 Å². The maximum Gasteiger partial charge on any atom is 0.300 e. The highest BCUT2D eigenvalue weighted by atomic mass is 16.7. The Morgan fingerprint density at radius 3 is 2.08 bits per heavy atom. The molecule has 0 amide bonds. The lowest BCUT2D eigenvalue weighted by Crippen LogP contribution is -2.37. The van der Waals surface area contributed by atoms with Crippen LogP contribution in [0.25, 0.3) is 0 Å². The van der Waals surface area contributed by atoms with E-state index in [1.807, 2.05) is 25.1 Å². The molecule has 7 nitrogen and oxygen atoms in total. The van der Waals surface area contributed by atoms with Crippen molar-refractivity contribution in [2.24, 2.45) is 5.73 Å². The van der Waals surface area contributed by atoms with E-state index in [0.29, 0.717) is 25.3 Å². The number of nitrogens with zero attached hydrogens (tertiary/aromatic N) is 1. The topological polar surface area (TPSA) is 102 Å². The fourth-order valence-electron chi connectivity index (χ4n) is 4.46. The van der Waals surface area contributed by atoms with E-state index in [9.17, 15) is 4.79 Å². The molecular weight excluding hydrogens is 480 g/mol. The van der Waals surface area contributed by atoms with Crippen LogP contribution in [0.5, 0.6) is 11.5 Å². The molecule has 0 bridgehead atoms. The summed E-state index contributed by atoms with van der Waals surface area (Å²) in [6.07, 6.45) is 14.1. The maximum absolute atomic E-state index is 11.6. The van der Waals surface area contributed by atoms with Crippen LogP contribution in [-0.4, -0.2) is 53.7 Å². The van der Waals surface area contributed by atoms with Crippen LogP contribution in [0.1, 0.15) is 111 Å². The van der Waals surface area contributed by atoms with Gasteiger partial charge in [-0.3, -0.25) is 14.5 Å². The summed E-state index contributed by atoms with van der Waals surface area (Å²) in [6, 6.07) is 6.53. The zero-order chi connectivity index (χ0) is 28.9. The van der Waals surface area contributed by atoms with Crippen LogP contribution in [0, 0.1) is 0 Å². The van der Waals surface area contributed by atoms with Crippen LogP contribution < -0.4 is 15.2 Å². The highest BCUT2D eigenvalue weighted by Crippen LogP contribution is 2.39. The van der Waals surface area contributed by atoms with Crippen LogP contribution in [0.2, 0.25) is 0 Å². The quantitative estimate of drug-likeness (QED) is 0.313. The summed E-state index contributed by atoms with van der Waals surface area (Å²) in [7, 11) is 0. The molecular formula is C31H54N2O5. The molecule has 2 aliphatic heterocycles. The summed E-state index contributed by atoms with van der Waals surface area (Å²) >= 11 is 0. The summed E-state index contributed by atoms with van der Waals surface area (Å²) in [6.45, 7) is 15.2. The van der Waals surface area contributed by atoms with Crippen LogP contribution >= 0.6 is 0 Å². The Hall–Kier alpha value is -2.38. The number of fused-ring (bicyclic) bond motifs is 1. The minimum atomic E-state index is -0.833. The van der Waals surface area contributed by atoms with Gasteiger partial charge in [-0.25, -0.2) is 0 Å². The number of nitrogens with two attached hydrogens (primary N) is 1. The first kappa shape index (κ1) is 35.6. The molecule has 0 aliphatic carbocycles. The number of ketones is 1. The fraction of sp³-hybridized carbons (Fsp3) is 0.677. The molecule has 1 fully saturated rings. The van der Waals surface area contributed by atoms with E-state index in [0.717, 1.165) is 37.8 Å². The number of likely N-dealkylation sites (tertiary alicyclic amines) is 1. The molecule has 3 unspecified atom stereocenters. The van der Waals surface area contributed by atoms with Crippen molar-refractivity contribution in [1.29, 1.82) is 0 Å². The molecule has 3 rings (SSSR count). The molecule has 0 radical (unpaired) electrons. The summed E-state index contributed by atoms with van der Waals surface area (Å²) in [5.41, 5.74) is 7.43. The van der Waals surface area contributed by atoms with E-state index in [1.165, 1.54) is 44.1 Å². The normalized spacial score (nSPS) is 18.4. The summed E-state index contributed by atoms with van der Waals surface area (Å²) in [5.74, 6) is 1.39. The van der Waals surface area contributed by atoms with Crippen molar-refractivity contribution in [1.82, 2.24) is 4.90 Å². The standard InChI is InChI=1S/C19H26N2O3.2C5H12.C2H4O2/c1-3-4-16(20)9-17-7-15(11-21(17)10-13(2)22)14-5-6-18-19(8-14)24-12-23-18;2*1-3-5-4-2;1-2(3)4/h3-6,8,15-17H,7,9-12,20H2,1-2H3;2*3-5H2,1-2H3;1H3,(H,3,4)/b4-3+;;;. The Bertz CT molecular complexity index is 797. The third kappa shape index (κ3) is 15.8. The third-order valence-corrected chi connectivity index (χ3v) is 6.22. The van der Waals surface area contributed by atoms with Crippen LogP contribution in [0.15, 0.2) is 30.4 Å². The zero-order valence-electron chi connectivity index (χ0n) is 25.0. The Kier molecular flexibility index (Phi) is 20.2. The van der Waals surface area contributed by atoms with Crippen LogP contribution in [0.3, 0.4) is 0 Å². The average Bonchev–Trinajstić information content (AvgIpc) is 3.47. The third-order valence-electron chi connectivity index (χ3n) is 6.22. The van der Waals surface area contributed by atoms with Crippen LogP contribution in [0.4, 0.5) is 0 Å². The van der Waals surface area contributed by atoms with Crippen molar-refractivity contribution in [2.45, 2.75) is 118 Å². The van der Waals surface area contributed by atoms with Gasteiger partial charge < -0.3 is 20.3 Å². The number of ether oxygens (including phenoxy) is 2. The van der Waals surface area contributed by atoms with Gasteiger partial charge in [0.05, 0.1) is 6.54 Å². The van der Waals surface area contributed by atoms with Gasteiger partial charge in [-0.15, -0.1) is 0 Å². The van der Waals surface area contributed by atoms with E-state index < -0.39 is 5.97 Å². The Labute approximate surface area is 231 Å². The minimum Gasteiger partial charge on any atom is -0.481 e. The first-order valence-electron chi connectivity index (χ1n) is 14.3. The number of carboxylic acids is 1. The minimum absolute atomic E-state index is 0.0324. The number of benzene rings is 1. The smallest absolute Gasteiger partial charge is 0.300 e. The molecule has 3 atom stereocenters. The molecule has 0 saturated carbocycles. The largest absolute Gasteiger partial charge is 0.481 e. The van der Waals surface area contributed by atoms with Gasteiger partial charge in [0.2, 0.25) is 6.79 Å². The number of hydrogen-bond acceptors (Lipinski definition) is 6. The van der Waals surface area contributed by atoms with Crippen molar-refractivity contribution < 1.29 is 24.2 Å². The molecule has 1 saturated heterocycles. The molecule has 0 spiro atoms. The number of aliphatic carboxylic acids is 1. The van der Waals surface area contributed by atoms with Gasteiger partial charge in [0.1, 0.15) is 5.78 Å². The summed E-state index contributed by atoms with van der Waals surface area (Å²) < 4.78 is 10.9. The van der Waals surface area contributed by atoms with Gasteiger partial charge in [-0.05, 0) is 50.3 Å². The van der Waals surface area contributed by atoms with Gasteiger partial charge in [0.25, 0.3) is 5.97 Å². The van der Waals surface area contributed by atoms with E-state index >= 15 is 0 Å². The van der Waals surface area contributed by atoms with Crippen molar-refractivity contribution in [3.05, 3.63) is 35.9 Å². The summed E-state index contributed by atoms with van der Waals surface area (Å²) in [4.78, 5) is 22.9. The Morgan fingerprint density at radius 1 is 1.05 bits per heavy atom. The molecule has 3 N–H and O–H groups in total. The second-order valence-corrected chi connectivity index (χ2v) is 9.98. The predicted octanol–water partition coefficient (Wildman–Crippen LogP) is 6.94. The van der Waals surface area contributed by atoms with Crippen LogP contribution in [-0.2, 0) is 9.59 Å². The zero-order valence-corrected chi connectivity index (χ0v) is 25.0. The Morgan fingerprint density at radius 2 is 1.61 bits per heavy atom. The lowest BCUT2D eigenvalue weighted by molar-refractivity contribution is -0.134. The highest BCUT2D eigenvalue weighted by Gasteiger charge is 2.34. The van der Waals surface area contributed by atoms with Crippen molar-refractivity contribution in [2.75, 3.05) is 19.9 Å². The lowest BCUT2D eigenvalue weighted by Gasteiger charge is -2.24. The predicted molar refractivity (Wildman–Crippen MR) is 157 cm³/mol. The second-order valence-electron chi connectivity index (χ2n) is 9.98. The number of rotatable bonds is 10.